The molecule has 0 amide bonds. The number of hydrogen-bond acceptors (Lipinski definition) is 4. The summed E-state index contributed by atoms with van der Waals surface area (Å²) in [5.74, 6) is 0.494. The van der Waals surface area contributed by atoms with Crippen LogP contribution in [-0.4, -0.2) is 12.7 Å². The van der Waals surface area contributed by atoms with E-state index in [1.807, 2.05) is 6.07 Å². The van der Waals surface area contributed by atoms with E-state index in [1.165, 1.54) is 24.0 Å². The van der Waals surface area contributed by atoms with Gasteiger partial charge in [0.1, 0.15) is 0 Å². The second kappa shape index (κ2) is 11.0. The maximum Gasteiger partial charge on any atom is 0.0707 e. The van der Waals surface area contributed by atoms with Gasteiger partial charge in [-0.2, -0.15) is 0 Å². The van der Waals surface area contributed by atoms with E-state index < -0.39 is 0 Å². The van der Waals surface area contributed by atoms with Crippen LogP contribution in [-0.2, 0) is 14.8 Å². The Labute approximate surface area is 142 Å². The summed E-state index contributed by atoms with van der Waals surface area (Å²) in [6, 6.07) is 10.6. The molecular formula is C12H16I2O2S2. The van der Waals surface area contributed by atoms with Crippen molar-refractivity contribution < 1.29 is 8.37 Å². The molecule has 0 bridgehead atoms. The second-order valence-electron chi connectivity index (χ2n) is 4.11. The first-order valence-corrected chi connectivity index (χ1v) is 12.2. The largest absolute Gasteiger partial charge is 0.305 e. The molecule has 0 fully saturated rings. The molecule has 0 aliphatic rings. The third kappa shape index (κ3) is 7.78. The lowest BCUT2D eigenvalue weighted by atomic mass is 9.95. The van der Waals surface area contributed by atoms with Gasteiger partial charge in [0.2, 0.25) is 0 Å². The average molecular weight is 510 g/mol. The van der Waals surface area contributed by atoms with Crippen LogP contribution in [0.1, 0.15) is 18.9 Å². The van der Waals surface area contributed by atoms with Crippen molar-refractivity contribution in [1.82, 2.24) is 0 Å². The van der Waals surface area contributed by atoms with Gasteiger partial charge >= 0.3 is 0 Å². The van der Waals surface area contributed by atoms with Crippen molar-refractivity contribution in [3.05, 3.63) is 35.9 Å². The van der Waals surface area contributed by atoms with E-state index in [9.17, 15) is 0 Å². The molecule has 0 aromatic heterocycles. The van der Waals surface area contributed by atoms with E-state index in [4.69, 9.17) is 8.37 Å². The van der Waals surface area contributed by atoms with Gasteiger partial charge in [0.05, 0.1) is 31.1 Å². The van der Waals surface area contributed by atoms with E-state index in [1.54, 1.807) is 0 Å². The Morgan fingerprint density at radius 3 is 2.50 bits per heavy atom. The molecule has 0 heterocycles. The maximum atomic E-state index is 5.53. The maximum absolute atomic E-state index is 5.53. The summed E-state index contributed by atoms with van der Waals surface area (Å²) in [6.07, 6.45) is 2.31. The van der Waals surface area contributed by atoms with Crippen molar-refractivity contribution in [2.45, 2.75) is 25.9 Å². The Kier molecular flexibility index (Phi) is 10.6. The molecule has 0 aliphatic heterocycles. The smallest absolute Gasteiger partial charge is 0.0707 e. The van der Waals surface area contributed by atoms with Crippen LogP contribution in [0.5, 0.6) is 0 Å². The Hall–Kier alpha value is 1.30. The summed E-state index contributed by atoms with van der Waals surface area (Å²) in [7, 11) is 2.81. The molecular weight excluding hydrogens is 494 g/mol. The van der Waals surface area contributed by atoms with Crippen molar-refractivity contribution >= 4 is 60.8 Å². The highest BCUT2D eigenvalue weighted by Gasteiger charge is 2.15. The first kappa shape index (κ1) is 17.4. The van der Waals surface area contributed by atoms with Crippen LogP contribution < -0.4 is 0 Å². The van der Waals surface area contributed by atoms with Gasteiger partial charge in [-0.15, -0.1) is 0 Å². The number of benzene rings is 1. The predicted molar refractivity (Wildman–Crippen MR) is 98.0 cm³/mol. The molecule has 1 rings (SSSR count). The quantitative estimate of drug-likeness (QED) is 0.316. The lowest BCUT2D eigenvalue weighted by molar-refractivity contribution is 0.187. The normalized spacial score (nSPS) is 14.4. The third-order valence-electron chi connectivity index (χ3n) is 2.58. The lowest BCUT2D eigenvalue weighted by Crippen LogP contribution is -2.17. The minimum absolute atomic E-state index is 0.253. The van der Waals surface area contributed by atoms with Crippen LogP contribution >= 0.6 is 60.8 Å². The minimum Gasteiger partial charge on any atom is -0.305 e. The van der Waals surface area contributed by atoms with Gasteiger partial charge in [-0.05, 0) is 31.2 Å². The topological polar surface area (TPSA) is 18.5 Å². The van der Waals surface area contributed by atoms with E-state index in [0.717, 1.165) is 19.4 Å². The molecule has 0 aliphatic carbocycles. The summed E-state index contributed by atoms with van der Waals surface area (Å²) in [4.78, 5) is 0. The molecule has 0 saturated carbocycles. The van der Waals surface area contributed by atoms with Gasteiger partial charge in [-0.3, -0.25) is 0 Å². The van der Waals surface area contributed by atoms with Crippen molar-refractivity contribution in [3.8, 4) is 0 Å². The van der Waals surface area contributed by atoms with E-state index in [-0.39, 0.29) is 6.10 Å². The van der Waals surface area contributed by atoms with Crippen LogP contribution in [0.2, 0.25) is 0 Å². The fourth-order valence-corrected chi connectivity index (χ4v) is 3.80. The molecule has 0 spiro atoms. The van der Waals surface area contributed by atoms with E-state index in [0.29, 0.717) is 5.92 Å². The van der Waals surface area contributed by atoms with Crippen molar-refractivity contribution in [1.29, 1.82) is 0 Å². The fraction of sp³-hybridized carbons (Fsp3) is 0.500. The van der Waals surface area contributed by atoms with Gasteiger partial charge in [0, 0.05) is 42.4 Å². The molecule has 102 valence electrons. The molecule has 6 heteroatoms. The Bertz CT molecular complexity index is 314. The molecule has 1 aromatic carbocycles. The van der Waals surface area contributed by atoms with Crippen LogP contribution in [0.4, 0.5) is 0 Å². The molecule has 1 aromatic rings. The summed E-state index contributed by atoms with van der Waals surface area (Å²) < 4.78 is 11.0. The standard InChI is InChI=1S/C12H16I2O2S2/c1-10(16-18-14)7-12(9-15-17-13)8-11-5-3-2-4-6-11/h2-6,10,12H,7-9H2,1H3. The highest BCUT2D eigenvalue weighted by atomic mass is 127. The zero-order valence-electron chi connectivity index (χ0n) is 10.1. The van der Waals surface area contributed by atoms with Crippen LogP contribution in [0.25, 0.3) is 0 Å². The van der Waals surface area contributed by atoms with Crippen LogP contribution in [0.15, 0.2) is 30.3 Å². The van der Waals surface area contributed by atoms with Crippen molar-refractivity contribution in [2.24, 2.45) is 5.92 Å². The second-order valence-corrected chi connectivity index (χ2v) is 6.95. The molecule has 0 N–H and O–H groups in total. The number of hydrogen-bond donors (Lipinski definition) is 0. The fourth-order valence-electron chi connectivity index (χ4n) is 1.85. The van der Waals surface area contributed by atoms with Gasteiger partial charge in [-0.1, -0.05) is 30.3 Å². The summed E-state index contributed by atoms with van der Waals surface area (Å²) in [5, 5.41) is 0. The molecule has 2 atom stereocenters. The first-order valence-electron chi connectivity index (χ1n) is 5.64. The Morgan fingerprint density at radius 2 is 1.89 bits per heavy atom. The summed E-state index contributed by atoms with van der Waals surface area (Å²) in [6.45, 7) is 2.88. The highest BCUT2D eigenvalue weighted by molar-refractivity contribution is 14.2. The summed E-state index contributed by atoms with van der Waals surface area (Å²) in [5.41, 5.74) is 1.36. The number of rotatable bonds is 9. The molecule has 0 radical (unpaired) electrons. The zero-order valence-corrected chi connectivity index (χ0v) is 16.0. The summed E-state index contributed by atoms with van der Waals surface area (Å²) >= 11 is 4.32. The Morgan fingerprint density at radius 1 is 1.17 bits per heavy atom. The first-order chi connectivity index (χ1) is 8.76. The van der Waals surface area contributed by atoms with Gasteiger partial charge < -0.3 is 8.37 Å². The molecule has 18 heavy (non-hydrogen) atoms. The van der Waals surface area contributed by atoms with Crippen molar-refractivity contribution in [2.75, 3.05) is 6.61 Å². The van der Waals surface area contributed by atoms with E-state index >= 15 is 0 Å². The van der Waals surface area contributed by atoms with Crippen LogP contribution in [0.3, 0.4) is 0 Å². The number of halogens is 2. The van der Waals surface area contributed by atoms with Gasteiger partial charge in [-0.25, -0.2) is 0 Å². The zero-order chi connectivity index (χ0) is 13.2. The van der Waals surface area contributed by atoms with Crippen molar-refractivity contribution in [3.63, 3.8) is 0 Å². The third-order valence-corrected chi connectivity index (χ3v) is 4.59. The van der Waals surface area contributed by atoms with E-state index in [2.05, 4.69) is 73.6 Å². The molecule has 0 saturated heterocycles. The molecule has 2 unspecified atom stereocenters. The molecule has 2 nitrogen and oxygen atoms in total. The van der Waals surface area contributed by atoms with Gasteiger partial charge in [0.15, 0.2) is 0 Å². The minimum atomic E-state index is 0.253. The van der Waals surface area contributed by atoms with Gasteiger partial charge in [0.25, 0.3) is 0 Å². The lowest BCUT2D eigenvalue weighted by Gasteiger charge is -2.19. The predicted octanol–water partition coefficient (Wildman–Crippen LogP) is 5.65. The average Bonchev–Trinajstić information content (AvgIpc) is 2.37. The monoisotopic (exact) mass is 510 g/mol. The SMILES string of the molecule is CC(CC(COSI)Cc1ccccc1)OSI. The van der Waals surface area contributed by atoms with Crippen LogP contribution in [0, 0.1) is 5.92 Å². The highest BCUT2D eigenvalue weighted by Crippen LogP contribution is 2.24. The Balaban J connectivity index is 2.49.